The molecule has 1 atom stereocenters. The third-order valence-corrected chi connectivity index (χ3v) is 5.23. The Bertz CT molecular complexity index is 1050. The van der Waals surface area contributed by atoms with Gasteiger partial charge in [0.2, 0.25) is 0 Å². The monoisotopic (exact) mass is 402 g/mol. The van der Waals surface area contributed by atoms with E-state index in [0.29, 0.717) is 24.5 Å². The van der Waals surface area contributed by atoms with Crippen LogP contribution in [0.5, 0.6) is 0 Å². The number of nitrogens with zero attached hydrogens (tertiary/aromatic N) is 4. The number of benzene rings is 1. The first-order valence-corrected chi connectivity index (χ1v) is 9.19. The van der Waals surface area contributed by atoms with Crippen molar-refractivity contribution in [1.82, 2.24) is 15.2 Å². The molecule has 0 radical (unpaired) electrons. The summed E-state index contributed by atoms with van der Waals surface area (Å²) in [6.07, 6.45) is 0.956. The Balaban J connectivity index is 1.70. The summed E-state index contributed by atoms with van der Waals surface area (Å²) in [5.74, 6) is 0.642. The van der Waals surface area contributed by atoms with Gasteiger partial charge in [-0.2, -0.15) is 5.10 Å². The minimum absolute atomic E-state index is 0.0305. The summed E-state index contributed by atoms with van der Waals surface area (Å²) in [4.78, 5) is 6.45. The zero-order chi connectivity index (χ0) is 20.1. The van der Waals surface area contributed by atoms with Gasteiger partial charge in [-0.25, -0.2) is 9.37 Å². The Morgan fingerprint density at radius 1 is 1.32 bits per heavy atom. The van der Waals surface area contributed by atoms with Gasteiger partial charge in [0.25, 0.3) is 0 Å². The summed E-state index contributed by atoms with van der Waals surface area (Å²) < 4.78 is 13.8. The molecule has 2 aromatic heterocycles. The van der Waals surface area contributed by atoms with Crippen LogP contribution >= 0.6 is 11.6 Å². The van der Waals surface area contributed by atoms with Crippen molar-refractivity contribution in [3.05, 3.63) is 52.6 Å². The molecular weight excluding hydrogens is 383 g/mol. The van der Waals surface area contributed by atoms with Crippen LogP contribution in [0.1, 0.15) is 24.3 Å². The molecule has 0 unspecified atom stereocenters. The van der Waals surface area contributed by atoms with Crippen molar-refractivity contribution in [3.63, 3.8) is 0 Å². The molecule has 0 amide bonds. The Morgan fingerprint density at radius 3 is 2.79 bits per heavy atom. The fourth-order valence-electron chi connectivity index (χ4n) is 3.36. The second-order valence-electron chi connectivity index (χ2n) is 7.34. The third-order valence-electron chi connectivity index (χ3n) is 4.83. The van der Waals surface area contributed by atoms with Crippen molar-refractivity contribution in [2.24, 2.45) is 5.73 Å². The summed E-state index contributed by atoms with van der Waals surface area (Å²) in [5.41, 5.74) is 6.65. The SMILES string of the molecule is Cc1nnc(N[C@H](N)c2cccc(F)c2Cl)c2cc(N3CC(C)(O)C3)ncc12. The van der Waals surface area contributed by atoms with Gasteiger partial charge in [0.05, 0.1) is 16.3 Å². The highest BCUT2D eigenvalue weighted by Gasteiger charge is 2.37. The molecule has 0 aliphatic carbocycles. The quantitative estimate of drug-likeness (QED) is 0.577. The van der Waals surface area contributed by atoms with Crippen LogP contribution in [0.25, 0.3) is 10.8 Å². The predicted molar refractivity (Wildman–Crippen MR) is 107 cm³/mol. The lowest BCUT2D eigenvalue weighted by molar-refractivity contribution is 0.0305. The average molecular weight is 403 g/mol. The second-order valence-corrected chi connectivity index (χ2v) is 7.72. The number of fused-ring (bicyclic) bond motifs is 1. The van der Waals surface area contributed by atoms with Gasteiger partial charge in [-0.05, 0) is 26.0 Å². The summed E-state index contributed by atoms with van der Waals surface area (Å²) in [6.45, 7) is 4.64. The molecule has 1 saturated heterocycles. The minimum Gasteiger partial charge on any atom is -0.386 e. The molecule has 4 rings (SSSR count). The maximum atomic E-state index is 13.8. The lowest BCUT2D eigenvalue weighted by atomic mass is 9.97. The molecule has 0 bridgehead atoms. The zero-order valence-electron chi connectivity index (χ0n) is 15.4. The average Bonchev–Trinajstić information content (AvgIpc) is 2.64. The van der Waals surface area contributed by atoms with Crippen molar-refractivity contribution in [2.45, 2.75) is 25.6 Å². The topological polar surface area (TPSA) is 100 Å². The van der Waals surface area contributed by atoms with Gasteiger partial charge in [0.1, 0.15) is 17.8 Å². The number of nitrogens with one attached hydrogen (secondary N) is 1. The van der Waals surface area contributed by atoms with E-state index in [1.165, 1.54) is 6.07 Å². The molecule has 9 heteroatoms. The molecule has 0 spiro atoms. The smallest absolute Gasteiger partial charge is 0.158 e. The van der Waals surface area contributed by atoms with Gasteiger partial charge in [-0.1, -0.05) is 23.7 Å². The number of aromatic nitrogens is 3. The molecule has 7 nitrogen and oxygen atoms in total. The van der Waals surface area contributed by atoms with Gasteiger partial charge in [-0.3, -0.25) is 0 Å². The number of rotatable bonds is 4. The number of nitrogens with two attached hydrogens (primary N) is 1. The predicted octanol–water partition coefficient (Wildman–Crippen LogP) is 2.77. The Morgan fingerprint density at radius 2 is 2.07 bits per heavy atom. The molecule has 28 heavy (non-hydrogen) atoms. The third kappa shape index (κ3) is 3.34. The van der Waals surface area contributed by atoms with Gasteiger partial charge < -0.3 is 21.1 Å². The minimum atomic E-state index is -0.773. The van der Waals surface area contributed by atoms with Crippen molar-refractivity contribution in [3.8, 4) is 0 Å². The highest BCUT2D eigenvalue weighted by molar-refractivity contribution is 6.31. The van der Waals surface area contributed by atoms with Gasteiger partial charge in [-0.15, -0.1) is 5.10 Å². The Kier molecular flexibility index (Phi) is 4.57. The van der Waals surface area contributed by atoms with E-state index in [0.717, 1.165) is 22.3 Å². The summed E-state index contributed by atoms with van der Waals surface area (Å²) in [6, 6.07) is 6.37. The van der Waals surface area contributed by atoms with E-state index in [1.54, 1.807) is 25.3 Å². The molecule has 4 N–H and O–H groups in total. The normalized spacial score (nSPS) is 16.7. The van der Waals surface area contributed by atoms with Crippen LogP contribution < -0.4 is 16.0 Å². The Hall–Kier alpha value is -2.55. The molecule has 1 fully saturated rings. The molecule has 1 aliphatic heterocycles. The standard InChI is InChI=1S/C19H20ClFN6O/c1-10-13-7-23-15(27-8-19(2,28)9-27)6-12(13)18(26-25-10)24-17(22)11-4-3-5-14(21)16(11)20/h3-7,17,28H,8-9,22H2,1-2H3,(H,24,26)/t17-/m0/s1. The molecule has 3 aromatic rings. The fraction of sp³-hybridized carbons (Fsp3) is 0.316. The Labute approximate surface area is 166 Å². The number of hydrogen-bond donors (Lipinski definition) is 3. The highest BCUT2D eigenvalue weighted by atomic mass is 35.5. The van der Waals surface area contributed by atoms with Crippen molar-refractivity contribution >= 4 is 34.0 Å². The van der Waals surface area contributed by atoms with E-state index in [-0.39, 0.29) is 5.02 Å². The number of aryl methyl sites for hydroxylation is 1. The number of β-amino-alcohol motifs (C(OH)–C–C–N with tert-alkyl or cyclic N) is 1. The van der Waals surface area contributed by atoms with Crippen LogP contribution in [0.15, 0.2) is 30.5 Å². The first-order valence-electron chi connectivity index (χ1n) is 8.81. The van der Waals surface area contributed by atoms with E-state index in [4.69, 9.17) is 17.3 Å². The van der Waals surface area contributed by atoms with Crippen LogP contribution in [-0.4, -0.2) is 39.0 Å². The molecule has 3 heterocycles. The van der Waals surface area contributed by atoms with Crippen LogP contribution in [0.3, 0.4) is 0 Å². The fourth-order valence-corrected chi connectivity index (χ4v) is 3.61. The van der Waals surface area contributed by atoms with Crippen LogP contribution in [0, 0.1) is 12.7 Å². The molecule has 0 saturated carbocycles. The lowest BCUT2D eigenvalue weighted by Gasteiger charge is -2.45. The van der Waals surface area contributed by atoms with E-state index in [9.17, 15) is 9.50 Å². The van der Waals surface area contributed by atoms with E-state index in [2.05, 4.69) is 20.5 Å². The van der Waals surface area contributed by atoms with Crippen LogP contribution in [0.2, 0.25) is 5.02 Å². The lowest BCUT2D eigenvalue weighted by Crippen LogP contribution is -2.60. The van der Waals surface area contributed by atoms with E-state index < -0.39 is 17.6 Å². The summed E-state index contributed by atoms with van der Waals surface area (Å²) in [5, 5.41) is 23.0. The first-order chi connectivity index (χ1) is 13.2. The molecule has 1 aromatic carbocycles. The second kappa shape index (κ2) is 6.80. The van der Waals surface area contributed by atoms with E-state index in [1.807, 2.05) is 17.9 Å². The number of anilines is 2. The van der Waals surface area contributed by atoms with Crippen molar-refractivity contribution in [2.75, 3.05) is 23.3 Å². The van der Waals surface area contributed by atoms with E-state index >= 15 is 0 Å². The number of halogens is 2. The number of pyridine rings is 1. The summed E-state index contributed by atoms with van der Waals surface area (Å²) >= 11 is 6.05. The van der Waals surface area contributed by atoms with Gasteiger partial charge >= 0.3 is 0 Å². The van der Waals surface area contributed by atoms with Crippen LogP contribution in [0.4, 0.5) is 16.0 Å². The molecular formula is C19H20ClFN6O. The number of aliphatic hydroxyl groups is 1. The maximum Gasteiger partial charge on any atom is 0.158 e. The van der Waals surface area contributed by atoms with Crippen molar-refractivity contribution < 1.29 is 9.50 Å². The molecule has 1 aliphatic rings. The highest BCUT2D eigenvalue weighted by Crippen LogP contribution is 2.32. The number of hydrogen-bond acceptors (Lipinski definition) is 7. The molecule has 146 valence electrons. The zero-order valence-corrected chi connectivity index (χ0v) is 16.2. The maximum absolute atomic E-state index is 13.8. The van der Waals surface area contributed by atoms with Gasteiger partial charge in [0, 0.05) is 35.6 Å². The van der Waals surface area contributed by atoms with Gasteiger partial charge in [0.15, 0.2) is 5.82 Å². The first kappa shape index (κ1) is 18.8. The summed E-state index contributed by atoms with van der Waals surface area (Å²) in [7, 11) is 0. The largest absolute Gasteiger partial charge is 0.386 e. The van der Waals surface area contributed by atoms with Crippen molar-refractivity contribution in [1.29, 1.82) is 0 Å². The van der Waals surface area contributed by atoms with Crippen LogP contribution in [-0.2, 0) is 0 Å².